The number of hydrogen-bond donors (Lipinski definition) is 3. The molecule has 43 heavy (non-hydrogen) atoms. The Morgan fingerprint density at radius 3 is 2.42 bits per heavy atom. The second-order valence-electron chi connectivity index (χ2n) is 11.3. The quantitative estimate of drug-likeness (QED) is 0.272. The molecule has 1 heterocycles. The van der Waals surface area contributed by atoms with Crippen molar-refractivity contribution in [3.05, 3.63) is 65.2 Å². The lowest BCUT2D eigenvalue weighted by molar-refractivity contribution is -0.178. The number of amides is 4. The highest BCUT2D eigenvalue weighted by Gasteiger charge is 2.42. The van der Waals surface area contributed by atoms with E-state index in [1.54, 1.807) is 64.1 Å². The van der Waals surface area contributed by atoms with Crippen LogP contribution < -0.4 is 5.32 Å². The van der Waals surface area contributed by atoms with E-state index in [9.17, 15) is 29.4 Å². The maximum Gasteiger partial charge on any atom is 0.410 e. The monoisotopic (exact) mass is 614 g/mol. The predicted octanol–water partition coefficient (Wildman–Crippen LogP) is 3.67. The number of ether oxygens (including phenoxy) is 1. The summed E-state index contributed by atoms with van der Waals surface area (Å²) in [6.07, 6.45) is 2.37. The lowest BCUT2D eigenvalue weighted by atomic mass is 10.1. The van der Waals surface area contributed by atoms with Crippen LogP contribution in [-0.2, 0) is 20.9 Å². The number of thioether (sulfide) groups is 1. The van der Waals surface area contributed by atoms with Crippen molar-refractivity contribution >= 4 is 35.6 Å². The van der Waals surface area contributed by atoms with Gasteiger partial charge in [0.2, 0.25) is 0 Å². The normalized spacial score (nSPS) is 15.5. The molecule has 1 aliphatic heterocycles. The van der Waals surface area contributed by atoms with Gasteiger partial charge in [-0.15, -0.1) is 0 Å². The summed E-state index contributed by atoms with van der Waals surface area (Å²) < 4.78 is 5.51. The Morgan fingerprint density at radius 2 is 1.79 bits per heavy atom. The van der Waals surface area contributed by atoms with Crippen LogP contribution in [0.4, 0.5) is 4.79 Å². The average molecular weight is 615 g/mol. The predicted molar refractivity (Wildman–Crippen MR) is 164 cm³/mol. The van der Waals surface area contributed by atoms with Crippen molar-refractivity contribution < 1.29 is 34.1 Å². The third-order valence-corrected chi connectivity index (χ3v) is 7.68. The van der Waals surface area contributed by atoms with E-state index in [1.807, 2.05) is 12.3 Å². The zero-order chi connectivity index (χ0) is 31.7. The Kier molecular flexibility index (Phi) is 11.8. The molecule has 2 atom stereocenters. The Hall–Kier alpha value is -3.77. The van der Waals surface area contributed by atoms with Gasteiger partial charge < -0.3 is 20.3 Å². The number of carbonyl (C=O) groups is 4. The number of aliphatic hydroxyl groups excluding tert-OH is 1. The van der Waals surface area contributed by atoms with Crippen molar-refractivity contribution in [2.45, 2.75) is 71.2 Å². The summed E-state index contributed by atoms with van der Waals surface area (Å²) in [4.78, 5) is 55.8. The molecule has 2 aromatic carbocycles. The standard InChI is InChI=1S/C31H42N4O7S/c1-21-23(13-9-15-26(21)37)27(38)32-24(16-18-43-5)28(39)34(19-22-11-7-6-8-12-22)35(20-36)29(40)25-14-10-17-33(25)30(41)42-31(2,3)4/h6-9,11-13,15,24-25,36-37H,10,14,16-20H2,1-5H3,(H,32,38)/t24-,25-/m0/s1. The number of aromatic hydroxyl groups is 1. The van der Waals surface area contributed by atoms with Crippen LogP contribution >= 0.6 is 11.8 Å². The van der Waals surface area contributed by atoms with Crippen molar-refractivity contribution in [2.24, 2.45) is 0 Å². The van der Waals surface area contributed by atoms with E-state index in [4.69, 9.17) is 4.74 Å². The zero-order valence-electron chi connectivity index (χ0n) is 25.4. The molecule has 0 saturated carbocycles. The second kappa shape index (κ2) is 15.1. The van der Waals surface area contributed by atoms with E-state index >= 15 is 0 Å². The van der Waals surface area contributed by atoms with Gasteiger partial charge in [-0.25, -0.2) is 14.8 Å². The number of hydrogen-bond acceptors (Lipinski definition) is 8. The number of benzene rings is 2. The lowest BCUT2D eigenvalue weighted by Crippen LogP contribution is -2.60. The van der Waals surface area contributed by atoms with Gasteiger partial charge in [-0.1, -0.05) is 36.4 Å². The van der Waals surface area contributed by atoms with Crippen LogP contribution in [-0.4, -0.2) is 91.9 Å². The van der Waals surface area contributed by atoms with Crippen LogP contribution in [0.15, 0.2) is 48.5 Å². The summed E-state index contributed by atoms with van der Waals surface area (Å²) in [6, 6.07) is 11.5. The Bertz CT molecular complexity index is 1280. The molecule has 0 aliphatic carbocycles. The molecule has 0 bridgehead atoms. The summed E-state index contributed by atoms with van der Waals surface area (Å²) in [5.74, 6) is -1.31. The molecular formula is C31H42N4O7S. The summed E-state index contributed by atoms with van der Waals surface area (Å²) >= 11 is 1.49. The lowest BCUT2D eigenvalue weighted by Gasteiger charge is -2.38. The van der Waals surface area contributed by atoms with Crippen molar-refractivity contribution in [1.82, 2.24) is 20.2 Å². The van der Waals surface area contributed by atoms with Gasteiger partial charge in [0.15, 0.2) is 0 Å². The van der Waals surface area contributed by atoms with E-state index in [-0.39, 0.29) is 24.3 Å². The number of rotatable bonds is 10. The molecule has 0 radical (unpaired) electrons. The number of carbonyl (C=O) groups excluding carboxylic acids is 4. The SMILES string of the molecule is CSCC[C@H](NC(=O)c1cccc(O)c1C)C(=O)N(Cc1ccccc1)N(CO)C(=O)[C@@H]1CCCN1C(=O)OC(C)(C)C. The molecule has 0 aromatic heterocycles. The minimum Gasteiger partial charge on any atom is -0.508 e. The summed E-state index contributed by atoms with van der Waals surface area (Å²) in [6.45, 7) is 6.22. The van der Waals surface area contributed by atoms with Gasteiger partial charge in [-0.2, -0.15) is 11.8 Å². The largest absolute Gasteiger partial charge is 0.508 e. The van der Waals surface area contributed by atoms with Crippen molar-refractivity contribution in [1.29, 1.82) is 0 Å². The van der Waals surface area contributed by atoms with Crippen molar-refractivity contribution in [3.63, 3.8) is 0 Å². The van der Waals surface area contributed by atoms with Crippen LogP contribution in [0.25, 0.3) is 0 Å². The molecule has 3 N–H and O–H groups in total. The molecular weight excluding hydrogens is 572 g/mol. The number of phenolic OH excluding ortho intramolecular Hbond substituents is 1. The molecule has 3 rings (SSSR count). The summed E-state index contributed by atoms with van der Waals surface area (Å²) in [5.41, 5.74) is 0.505. The maximum absolute atomic E-state index is 14.2. The molecule has 1 fully saturated rings. The van der Waals surface area contributed by atoms with Crippen LogP contribution in [0.2, 0.25) is 0 Å². The fourth-order valence-electron chi connectivity index (χ4n) is 4.82. The Balaban J connectivity index is 1.96. The number of phenols is 1. The molecule has 11 nitrogen and oxygen atoms in total. The van der Waals surface area contributed by atoms with Gasteiger partial charge in [0.05, 0.1) is 6.54 Å². The van der Waals surface area contributed by atoms with Gasteiger partial charge in [0, 0.05) is 17.7 Å². The highest BCUT2D eigenvalue weighted by molar-refractivity contribution is 7.98. The maximum atomic E-state index is 14.2. The average Bonchev–Trinajstić information content (AvgIpc) is 3.46. The number of nitrogens with one attached hydrogen (secondary N) is 1. The molecule has 4 amide bonds. The van der Waals surface area contributed by atoms with Crippen LogP contribution in [0.3, 0.4) is 0 Å². The van der Waals surface area contributed by atoms with Crippen LogP contribution in [0, 0.1) is 6.92 Å². The number of likely N-dealkylation sites (tertiary alicyclic amines) is 1. The fraction of sp³-hybridized carbons (Fsp3) is 0.484. The number of hydrazine groups is 1. The Labute approximate surface area is 257 Å². The smallest absolute Gasteiger partial charge is 0.410 e. The highest BCUT2D eigenvalue weighted by atomic mass is 32.2. The Morgan fingerprint density at radius 1 is 1.09 bits per heavy atom. The molecule has 12 heteroatoms. The topological polar surface area (TPSA) is 140 Å². The number of nitrogens with zero attached hydrogens (tertiary/aromatic N) is 3. The first-order valence-corrected chi connectivity index (χ1v) is 15.6. The van der Waals surface area contributed by atoms with E-state index in [2.05, 4.69) is 5.32 Å². The van der Waals surface area contributed by atoms with E-state index in [0.29, 0.717) is 36.3 Å². The fourth-order valence-corrected chi connectivity index (χ4v) is 5.29. The summed E-state index contributed by atoms with van der Waals surface area (Å²) in [5, 5.41) is 25.5. The van der Waals surface area contributed by atoms with Gasteiger partial charge in [0.1, 0.15) is 30.2 Å². The van der Waals surface area contributed by atoms with Gasteiger partial charge >= 0.3 is 6.09 Å². The first kappa shape index (κ1) is 33.7. The molecule has 234 valence electrons. The van der Waals surface area contributed by atoms with Gasteiger partial charge in [-0.3, -0.25) is 19.3 Å². The molecule has 1 saturated heterocycles. The molecule has 2 aromatic rings. The highest BCUT2D eigenvalue weighted by Crippen LogP contribution is 2.25. The van der Waals surface area contributed by atoms with Crippen LogP contribution in [0.1, 0.15) is 61.5 Å². The molecule has 0 spiro atoms. The van der Waals surface area contributed by atoms with Crippen LogP contribution in [0.5, 0.6) is 5.75 Å². The van der Waals surface area contributed by atoms with E-state index in [1.165, 1.54) is 22.7 Å². The third kappa shape index (κ3) is 8.87. The first-order chi connectivity index (χ1) is 20.4. The van der Waals surface area contributed by atoms with Gasteiger partial charge in [-0.05, 0) is 76.7 Å². The first-order valence-electron chi connectivity index (χ1n) is 14.2. The zero-order valence-corrected chi connectivity index (χ0v) is 26.2. The minimum absolute atomic E-state index is 0.0477. The van der Waals surface area contributed by atoms with Gasteiger partial charge in [0.25, 0.3) is 17.7 Å². The van der Waals surface area contributed by atoms with Crippen molar-refractivity contribution in [3.8, 4) is 5.75 Å². The van der Waals surface area contributed by atoms with Crippen molar-refractivity contribution in [2.75, 3.05) is 25.3 Å². The minimum atomic E-state index is -1.06. The second-order valence-corrected chi connectivity index (χ2v) is 12.3. The molecule has 1 aliphatic rings. The molecule has 0 unspecified atom stereocenters. The van der Waals surface area contributed by atoms with E-state index < -0.39 is 48.2 Å². The van der Waals surface area contributed by atoms with E-state index in [0.717, 1.165) is 10.0 Å². The third-order valence-electron chi connectivity index (χ3n) is 7.04. The number of aliphatic hydroxyl groups is 1. The summed E-state index contributed by atoms with van der Waals surface area (Å²) in [7, 11) is 0.